The Bertz CT molecular complexity index is 768. The molecule has 2 aliphatic carbocycles. The predicted molar refractivity (Wildman–Crippen MR) is 121 cm³/mol. The molecule has 2 saturated carbocycles. The van der Waals surface area contributed by atoms with E-state index in [0.717, 1.165) is 37.1 Å². The van der Waals surface area contributed by atoms with Gasteiger partial charge < -0.3 is 15.2 Å². The lowest BCUT2D eigenvalue weighted by molar-refractivity contribution is 0.116. The maximum atomic E-state index is 12.3. The van der Waals surface area contributed by atoms with E-state index < -0.39 is 6.09 Å². The van der Waals surface area contributed by atoms with Crippen molar-refractivity contribution in [2.24, 2.45) is 17.5 Å². The van der Waals surface area contributed by atoms with Crippen molar-refractivity contribution in [3.63, 3.8) is 0 Å². The molecule has 0 bridgehead atoms. The van der Waals surface area contributed by atoms with Crippen LogP contribution in [0.25, 0.3) is 5.70 Å². The van der Waals surface area contributed by atoms with Crippen LogP contribution in [0.1, 0.15) is 75.6 Å². The van der Waals surface area contributed by atoms with E-state index >= 15 is 0 Å². The number of alkyl carbamates (subject to hydrolysis) is 1. The van der Waals surface area contributed by atoms with Crippen molar-refractivity contribution in [3.05, 3.63) is 29.3 Å². The molecule has 172 valence electrons. The molecule has 1 aromatic rings. The van der Waals surface area contributed by atoms with E-state index in [0.29, 0.717) is 18.2 Å². The molecule has 31 heavy (non-hydrogen) atoms. The minimum absolute atomic E-state index is 0.249. The van der Waals surface area contributed by atoms with Gasteiger partial charge in [0, 0.05) is 7.05 Å². The zero-order chi connectivity index (χ0) is 22.2. The summed E-state index contributed by atoms with van der Waals surface area (Å²) in [4.78, 5) is 16.9. The van der Waals surface area contributed by atoms with Crippen molar-refractivity contribution in [2.45, 2.75) is 77.2 Å². The molecule has 0 radical (unpaired) electrons. The lowest BCUT2D eigenvalue weighted by atomic mass is 9.90. The van der Waals surface area contributed by atoms with Gasteiger partial charge >= 0.3 is 6.09 Å². The third kappa shape index (κ3) is 6.75. The molecule has 0 unspecified atom stereocenters. The summed E-state index contributed by atoms with van der Waals surface area (Å²) in [5.41, 5.74) is 7.86. The van der Waals surface area contributed by atoms with E-state index in [4.69, 9.17) is 21.1 Å². The number of carbonyl (C=O) groups excluding carboxylic acids is 1. The Labute approximate surface area is 185 Å². The van der Waals surface area contributed by atoms with E-state index in [2.05, 4.69) is 10.3 Å². The van der Waals surface area contributed by atoms with Gasteiger partial charge in [0.25, 0.3) is 0 Å². The number of carbonyl (C=O) groups is 1. The summed E-state index contributed by atoms with van der Waals surface area (Å²) >= 11 is 0. The summed E-state index contributed by atoms with van der Waals surface area (Å²) in [6.45, 7) is 2.31. The van der Waals surface area contributed by atoms with Crippen molar-refractivity contribution in [2.75, 3.05) is 13.7 Å². The van der Waals surface area contributed by atoms with E-state index in [1.165, 1.54) is 43.5 Å². The molecule has 2 aliphatic rings. The fraction of sp³-hybridized carbons (Fsp3) is 0.652. The first kappa shape index (κ1) is 23.2. The summed E-state index contributed by atoms with van der Waals surface area (Å²) in [5, 5.41) is 3.94. The van der Waals surface area contributed by atoms with Gasteiger partial charge in [0.05, 0.1) is 24.1 Å². The third-order valence-corrected chi connectivity index (χ3v) is 6.16. The van der Waals surface area contributed by atoms with Gasteiger partial charge in [0.2, 0.25) is 0 Å². The monoisotopic (exact) mass is 431 g/mol. The molecule has 0 aromatic carbocycles. The fourth-order valence-corrected chi connectivity index (χ4v) is 4.33. The molecule has 3 rings (SSSR count). The molecule has 0 atom stereocenters. The molecule has 8 nitrogen and oxygen atoms in total. The van der Waals surface area contributed by atoms with Gasteiger partial charge in [-0.2, -0.15) is 0 Å². The number of hydrazine groups is 1. The van der Waals surface area contributed by atoms with Crippen LogP contribution >= 0.6 is 0 Å². The highest BCUT2D eigenvalue weighted by molar-refractivity contribution is 5.74. The van der Waals surface area contributed by atoms with Gasteiger partial charge in [0.1, 0.15) is 11.4 Å². The van der Waals surface area contributed by atoms with Crippen molar-refractivity contribution in [1.82, 2.24) is 15.3 Å². The SMILES string of the molecule is Cc1nc(/C(N)=C(\NC(=O)OCC2CCCCC2)N(C)N)ccc1OC1CCCCC1. The first-order valence-corrected chi connectivity index (χ1v) is 11.5. The minimum atomic E-state index is -0.560. The molecule has 5 N–H and O–H groups in total. The number of aryl methyl sites for hydroxylation is 1. The highest BCUT2D eigenvalue weighted by Crippen LogP contribution is 2.26. The smallest absolute Gasteiger partial charge is 0.412 e. The topological polar surface area (TPSA) is 116 Å². The summed E-state index contributed by atoms with van der Waals surface area (Å²) in [6.07, 6.45) is 11.4. The van der Waals surface area contributed by atoms with Gasteiger partial charge in [-0.15, -0.1) is 0 Å². The van der Waals surface area contributed by atoms with Crippen molar-refractivity contribution < 1.29 is 14.3 Å². The van der Waals surface area contributed by atoms with Crippen LogP contribution in [0.4, 0.5) is 4.79 Å². The van der Waals surface area contributed by atoms with Gasteiger partial charge in [-0.3, -0.25) is 10.3 Å². The number of aromatic nitrogens is 1. The Kier molecular flexibility index (Phi) is 8.40. The first-order chi connectivity index (χ1) is 14.9. The van der Waals surface area contributed by atoms with E-state index in [-0.39, 0.29) is 17.6 Å². The van der Waals surface area contributed by atoms with Crippen LogP contribution in [0, 0.1) is 12.8 Å². The fourth-order valence-electron chi connectivity index (χ4n) is 4.33. The van der Waals surface area contributed by atoms with Gasteiger partial charge in [0.15, 0.2) is 5.82 Å². The highest BCUT2D eigenvalue weighted by Gasteiger charge is 2.20. The lowest BCUT2D eigenvalue weighted by Crippen LogP contribution is -2.39. The quantitative estimate of drug-likeness (QED) is 0.444. The number of amides is 1. The third-order valence-electron chi connectivity index (χ3n) is 6.16. The maximum absolute atomic E-state index is 12.3. The lowest BCUT2D eigenvalue weighted by Gasteiger charge is -2.24. The Hall–Kier alpha value is -2.48. The second kappa shape index (κ2) is 11.2. The molecule has 1 aromatic heterocycles. The normalized spacial score (nSPS) is 18.8. The van der Waals surface area contributed by atoms with Crippen LogP contribution in [0.2, 0.25) is 0 Å². The van der Waals surface area contributed by atoms with Crippen LogP contribution in [0.5, 0.6) is 5.75 Å². The minimum Gasteiger partial charge on any atom is -0.489 e. The number of rotatable bonds is 7. The Morgan fingerprint density at radius 2 is 1.77 bits per heavy atom. The Morgan fingerprint density at radius 1 is 1.13 bits per heavy atom. The van der Waals surface area contributed by atoms with Crippen LogP contribution in [-0.4, -0.2) is 35.8 Å². The predicted octanol–water partition coefficient (Wildman–Crippen LogP) is 3.80. The van der Waals surface area contributed by atoms with Crippen LogP contribution in [-0.2, 0) is 4.74 Å². The summed E-state index contributed by atoms with van der Waals surface area (Å²) in [7, 11) is 1.61. The number of nitrogens with zero attached hydrogens (tertiary/aromatic N) is 2. The number of nitrogens with one attached hydrogen (secondary N) is 1. The molecule has 2 fully saturated rings. The summed E-state index contributed by atoms with van der Waals surface area (Å²) < 4.78 is 11.6. The number of hydrogen-bond donors (Lipinski definition) is 3. The standard InChI is InChI=1S/C23H37N5O3/c1-16-20(31-18-11-7-4-8-12-18)14-13-19(26-16)21(24)22(28(2)25)27-23(29)30-15-17-9-5-3-6-10-17/h13-14,17-18H,3-12,15,24-25H2,1-2H3,(H,27,29)/b22-21-. The van der Waals surface area contributed by atoms with E-state index in [1.54, 1.807) is 13.1 Å². The number of hydrogen-bond acceptors (Lipinski definition) is 7. The van der Waals surface area contributed by atoms with Gasteiger partial charge in [-0.25, -0.2) is 15.6 Å². The Morgan fingerprint density at radius 3 is 2.39 bits per heavy atom. The average Bonchev–Trinajstić information content (AvgIpc) is 2.78. The van der Waals surface area contributed by atoms with Crippen LogP contribution in [0.15, 0.2) is 18.0 Å². The van der Waals surface area contributed by atoms with Gasteiger partial charge in [-0.1, -0.05) is 25.7 Å². The molecule has 0 spiro atoms. The van der Waals surface area contributed by atoms with Crippen LogP contribution < -0.4 is 21.6 Å². The van der Waals surface area contributed by atoms with E-state index in [1.807, 2.05) is 13.0 Å². The molecule has 8 heteroatoms. The molecule has 1 heterocycles. The zero-order valence-electron chi connectivity index (χ0n) is 18.9. The summed E-state index contributed by atoms with van der Waals surface area (Å²) in [5.74, 6) is 7.38. The zero-order valence-corrected chi connectivity index (χ0v) is 18.9. The molecular weight excluding hydrogens is 394 g/mol. The molecule has 0 aliphatic heterocycles. The second-order valence-electron chi connectivity index (χ2n) is 8.76. The maximum Gasteiger partial charge on any atom is 0.412 e. The van der Waals surface area contributed by atoms with Crippen LogP contribution in [0.3, 0.4) is 0 Å². The molecular formula is C23H37N5O3. The molecule has 1 amide bonds. The highest BCUT2D eigenvalue weighted by atomic mass is 16.5. The molecule has 0 saturated heterocycles. The van der Waals surface area contributed by atoms with Gasteiger partial charge in [-0.05, 0) is 63.5 Å². The second-order valence-corrected chi connectivity index (χ2v) is 8.76. The Balaban J connectivity index is 1.65. The van der Waals surface area contributed by atoms with Crippen molar-refractivity contribution >= 4 is 11.8 Å². The number of pyridine rings is 1. The van der Waals surface area contributed by atoms with Crippen molar-refractivity contribution in [1.29, 1.82) is 0 Å². The largest absolute Gasteiger partial charge is 0.489 e. The summed E-state index contributed by atoms with van der Waals surface area (Å²) in [6, 6.07) is 3.67. The first-order valence-electron chi connectivity index (χ1n) is 11.5. The van der Waals surface area contributed by atoms with E-state index in [9.17, 15) is 4.79 Å². The number of nitrogens with two attached hydrogens (primary N) is 2. The number of ether oxygens (including phenoxy) is 2. The average molecular weight is 432 g/mol. The van der Waals surface area contributed by atoms with Crippen molar-refractivity contribution in [3.8, 4) is 5.75 Å².